The van der Waals surface area contributed by atoms with Gasteiger partial charge in [0, 0.05) is 31.9 Å². The Morgan fingerprint density at radius 1 is 1.14 bits per heavy atom. The number of hydrogen-bond donors (Lipinski definition) is 1. The molecule has 29 heavy (non-hydrogen) atoms. The molecule has 0 saturated carbocycles. The molecule has 0 atom stereocenters. The number of piperazine rings is 1. The van der Waals surface area contributed by atoms with Crippen LogP contribution < -0.4 is 15.0 Å². The van der Waals surface area contributed by atoms with E-state index in [1.165, 1.54) is 5.56 Å². The van der Waals surface area contributed by atoms with Crippen molar-refractivity contribution in [2.45, 2.75) is 13.8 Å². The lowest BCUT2D eigenvalue weighted by Crippen LogP contribution is -2.50. The highest BCUT2D eigenvalue weighted by molar-refractivity contribution is 7.22. The van der Waals surface area contributed by atoms with Crippen molar-refractivity contribution in [3.63, 3.8) is 0 Å². The van der Waals surface area contributed by atoms with E-state index in [1.54, 1.807) is 18.4 Å². The SMILES string of the molecule is COc1ccc(Cl)c2sc(N3CCN(C(=O)Nc4ccc(C)c(C)c4)CC3)nc12. The first-order chi connectivity index (χ1) is 14.0. The number of hydrogen-bond acceptors (Lipinski definition) is 5. The zero-order valence-corrected chi connectivity index (χ0v) is 18.2. The molecule has 0 bridgehead atoms. The third-order valence-electron chi connectivity index (χ3n) is 5.26. The van der Waals surface area contributed by atoms with Crippen LogP contribution in [0, 0.1) is 13.8 Å². The Kier molecular flexibility index (Phi) is 5.52. The minimum atomic E-state index is -0.0677. The maximum absolute atomic E-state index is 12.6. The quantitative estimate of drug-likeness (QED) is 0.640. The number of amides is 2. The molecule has 6 nitrogen and oxygen atoms in total. The summed E-state index contributed by atoms with van der Waals surface area (Å²) in [4.78, 5) is 21.4. The van der Waals surface area contributed by atoms with Crippen LogP contribution in [0.5, 0.6) is 5.75 Å². The van der Waals surface area contributed by atoms with Gasteiger partial charge in [-0.1, -0.05) is 29.0 Å². The first kappa shape index (κ1) is 19.8. The minimum absolute atomic E-state index is 0.0677. The molecule has 0 unspecified atom stereocenters. The maximum atomic E-state index is 12.6. The van der Waals surface area contributed by atoms with Gasteiger partial charge in [-0.05, 0) is 49.2 Å². The first-order valence-electron chi connectivity index (χ1n) is 9.47. The largest absolute Gasteiger partial charge is 0.494 e. The summed E-state index contributed by atoms with van der Waals surface area (Å²) in [6.45, 7) is 6.82. The van der Waals surface area contributed by atoms with Gasteiger partial charge >= 0.3 is 6.03 Å². The Bertz CT molecular complexity index is 1060. The Morgan fingerprint density at radius 3 is 2.59 bits per heavy atom. The van der Waals surface area contributed by atoms with Crippen LogP contribution in [0.4, 0.5) is 15.6 Å². The molecule has 1 aliphatic rings. The molecule has 1 aromatic heterocycles. The Morgan fingerprint density at radius 2 is 1.90 bits per heavy atom. The third-order valence-corrected chi connectivity index (χ3v) is 6.84. The number of aryl methyl sites for hydroxylation is 2. The van der Waals surface area contributed by atoms with E-state index >= 15 is 0 Å². The molecular weight excluding hydrogens is 408 g/mol. The fraction of sp³-hybridized carbons (Fsp3) is 0.333. The number of aromatic nitrogens is 1. The number of carbonyl (C=O) groups excluding carboxylic acids is 1. The van der Waals surface area contributed by atoms with Crippen molar-refractivity contribution in [2.75, 3.05) is 43.5 Å². The average molecular weight is 431 g/mol. The normalized spacial score (nSPS) is 14.3. The summed E-state index contributed by atoms with van der Waals surface area (Å²) in [6.07, 6.45) is 0. The van der Waals surface area contributed by atoms with Crippen LogP contribution in [0.25, 0.3) is 10.2 Å². The Balaban J connectivity index is 1.42. The molecule has 1 fully saturated rings. The van der Waals surface area contributed by atoms with Gasteiger partial charge in [-0.25, -0.2) is 9.78 Å². The average Bonchev–Trinajstić information content (AvgIpc) is 3.18. The van der Waals surface area contributed by atoms with Crippen LogP contribution in [0.2, 0.25) is 5.02 Å². The molecule has 4 rings (SSSR count). The van der Waals surface area contributed by atoms with E-state index in [-0.39, 0.29) is 6.03 Å². The molecule has 2 amide bonds. The van der Waals surface area contributed by atoms with Gasteiger partial charge in [0.05, 0.1) is 16.8 Å². The second-order valence-corrected chi connectivity index (χ2v) is 8.51. The van der Waals surface area contributed by atoms with Crippen molar-refractivity contribution >= 4 is 50.0 Å². The van der Waals surface area contributed by atoms with Crippen molar-refractivity contribution in [3.05, 3.63) is 46.5 Å². The van der Waals surface area contributed by atoms with Gasteiger partial charge in [0.15, 0.2) is 5.13 Å². The molecular formula is C21H23ClN4O2S. The molecule has 8 heteroatoms. The van der Waals surface area contributed by atoms with Crippen molar-refractivity contribution in [3.8, 4) is 5.75 Å². The number of fused-ring (bicyclic) bond motifs is 1. The van der Waals surface area contributed by atoms with Gasteiger partial charge in [0.2, 0.25) is 0 Å². The van der Waals surface area contributed by atoms with Gasteiger partial charge in [0.1, 0.15) is 11.3 Å². The van der Waals surface area contributed by atoms with Gasteiger partial charge in [-0.3, -0.25) is 0 Å². The molecule has 1 N–H and O–H groups in total. The molecule has 2 aromatic carbocycles. The lowest BCUT2D eigenvalue weighted by molar-refractivity contribution is 0.208. The van der Waals surface area contributed by atoms with Crippen LogP contribution >= 0.6 is 22.9 Å². The lowest BCUT2D eigenvalue weighted by Gasteiger charge is -2.34. The van der Waals surface area contributed by atoms with Crippen molar-refractivity contribution in [1.29, 1.82) is 0 Å². The minimum Gasteiger partial charge on any atom is -0.494 e. The predicted octanol–water partition coefficient (Wildman–Crippen LogP) is 4.93. The molecule has 152 valence electrons. The fourth-order valence-electron chi connectivity index (χ4n) is 3.36. The van der Waals surface area contributed by atoms with Crippen LogP contribution in [0.1, 0.15) is 11.1 Å². The van der Waals surface area contributed by atoms with Crippen LogP contribution in [-0.4, -0.2) is 49.2 Å². The summed E-state index contributed by atoms with van der Waals surface area (Å²) in [5, 5.41) is 4.58. The highest BCUT2D eigenvalue weighted by atomic mass is 35.5. The number of rotatable bonds is 3. The Hall–Kier alpha value is -2.51. The summed E-state index contributed by atoms with van der Waals surface area (Å²) in [7, 11) is 1.63. The summed E-state index contributed by atoms with van der Waals surface area (Å²) in [5.41, 5.74) is 3.99. The molecule has 1 aliphatic heterocycles. The van der Waals surface area contributed by atoms with E-state index in [0.717, 1.165) is 45.4 Å². The summed E-state index contributed by atoms with van der Waals surface area (Å²) in [5.74, 6) is 0.721. The van der Waals surface area contributed by atoms with Gasteiger partial charge in [-0.2, -0.15) is 0 Å². The van der Waals surface area contributed by atoms with E-state index in [9.17, 15) is 4.79 Å². The number of thiazole rings is 1. The summed E-state index contributed by atoms with van der Waals surface area (Å²) >= 11 is 7.89. The number of halogens is 1. The maximum Gasteiger partial charge on any atom is 0.321 e. The van der Waals surface area contributed by atoms with Crippen LogP contribution in [-0.2, 0) is 0 Å². The van der Waals surface area contributed by atoms with E-state index in [2.05, 4.69) is 17.1 Å². The van der Waals surface area contributed by atoms with Gasteiger partial charge in [0.25, 0.3) is 0 Å². The monoisotopic (exact) mass is 430 g/mol. The standard InChI is InChI=1S/C21H23ClN4O2S/c1-13-4-5-15(12-14(13)2)23-20(27)25-8-10-26(11-9-25)21-24-18-17(28-3)7-6-16(22)19(18)29-21/h4-7,12H,8-11H2,1-3H3,(H,23,27). The molecule has 2 heterocycles. The predicted molar refractivity (Wildman–Crippen MR) is 120 cm³/mol. The number of nitrogens with zero attached hydrogens (tertiary/aromatic N) is 3. The smallest absolute Gasteiger partial charge is 0.321 e. The second-order valence-electron chi connectivity index (χ2n) is 7.13. The second kappa shape index (κ2) is 8.08. The zero-order valence-electron chi connectivity index (χ0n) is 16.7. The highest BCUT2D eigenvalue weighted by Crippen LogP contribution is 2.38. The molecule has 0 aliphatic carbocycles. The first-order valence-corrected chi connectivity index (χ1v) is 10.7. The summed E-state index contributed by atoms with van der Waals surface area (Å²) < 4.78 is 6.34. The number of urea groups is 1. The lowest BCUT2D eigenvalue weighted by atomic mass is 10.1. The van der Waals surface area contributed by atoms with Crippen molar-refractivity contribution in [2.24, 2.45) is 0 Å². The van der Waals surface area contributed by atoms with Crippen molar-refractivity contribution in [1.82, 2.24) is 9.88 Å². The van der Waals surface area contributed by atoms with Gasteiger partial charge in [-0.15, -0.1) is 0 Å². The number of benzene rings is 2. The number of ether oxygens (including phenoxy) is 1. The Labute approximate surface area is 179 Å². The number of carbonyl (C=O) groups is 1. The highest BCUT2D eigenvalue weighted by Gasteiger charge is 2.24. The molecule has 0 spiro atoms. The molecule has 3 aromatic rings. The zero-order chi connectivity index (χ0) is 20.5. The molecule has 0 radical (unpaired) electrons. The van der Waals surface area contributed by atoms with Crippen LogP contribution in [0.15, 0.2) is 30.3 Å². The van der Waals surface area contributed by atoms with E-state index in [4.69, 9.17) is 21.3 Å². The number of anilines is 2. The van der Waals surface area contributed by atoms with E-state index in [1.807, 2.05) is 42.2 Å². The number of methoxy groups -OCH3 is 1. The fourth-order valence-corrected chi connectivity index (χ4v) is 4.67. The van der Waals surface area contributed by atoms with Gasteiger partial charge < -0.3 is 19.9 Å². The summed E-state index contributed by atoms with van der Waals surface area (Å²) in [6, 6.07) is 9.57. The van der Waals surface area contributed by atoms with Crippen LogP contribution in [0.3, 0.4) is 0 Å². The third kappa shape index (κ3) is 3.97. The van der Waals surface area contributed by atoms with Crippen molar-refractivity contribution < 1.29 is 9.53 Å². The topological polar surface area (TPSA) is 57.7 Å². The van der Waals surface area contributed by atoms with E-state index in [0.29, 0.717) is 18.1 Å². The number of nitrogens with one attached hydrogen (secondary N) is 1. The molecule has 1 saturated heterocycles. The van der Waals surface area contributed by atoms with E-state index < -0.39 is 0 Å².